The maximum Gasteiger partial charge on any atom is 0.115 e. The molecule has 3 nitrogen and oxygen atoms in total. The second kappa shape index (κ2) is 7.04. The van der Waals surface area contributed by atoms with Gasteiger partial charge in [-0.2, -0.15) is 0 Å². The van der Waals surface area contributed by atoms with Crippen molar-refractivity contribution in [3.63, 3.8) is 0 Å². The molecule has 0 fully saturated rings. The molecular formula is C24H21NO2. The second-order valence-corrected chi connectivity index (χ2v) is 6.52. The molecule has 0 spiro atoms. The van der Waals surface area contributed by atoms with Gasteiger partial charge in [0.25, 0.3) is 0 Å². The van der Waals surface area contributed by atoms with E-state index in [-0.39, 0.29) is 11.5 Å². The van der Waals surface area contributed by atoms with Gasteiger partial charge in [0.05, 0.1) is 0 Å². The number of aromatic hydroxyl groups is 2. The van der Waals surface area contributed by atoms with Gasteiger partial charge in [-0.25, -0.2) is 0 Å². The number of phenolic OH excluding ortho intramolecular Hbond substituents is 2. The van der Waals surface area contributed by atoms with Gasteiger partial charge in [-0.1, -0.05) is 49.4 Å². The first kappa shape index (κ1) is 17.0. The van der Waals surface area contributed by atoms with Crippen molar-refractivity contribution in [3.05, 3.63) is 90.8 Å². The van der Waals surface area contributed by atoms with Gasteiger partial charge in [-0.3, -0.25) is 0 Å². The van der Waals surface area contributed by atoms with Gasteiger partial charge in [-0.05, 0) is 53.9 Å². The summed E-state index contributed by atoms with van der Waals surface area (Å²) in [6.45, 7) is 2.14. The van der Waals surface area contributed by atoms with E-state index < -0.39 is 0 Å². The van der Waals surface area contributed by atoms with Crippen molar-refractivity contribution in [2.75, 3.05) is 0 Å². The third-order valence-electron chi connectivity index (χ3n) is 4.81. The van der Waals surface area contributed by atoms with Crippen LogP contribution in [0.2, 0.25) is 0 Å². The van der Waals surface area contributed by atoms with Gasteiger partial charge in [-0.15, -0.1) is 0 Å². The highest BCUT2D eigenvalue weighted by molar-refractivity contribution is 5.86. The highest BCUT2D eigenvalue weighted by atomic mass is 16.3. The van der Waals surface area contributed by atoms with Gasteiger partial charge in [0.2, 0.25) is 0 Å². The van der Waals surface area contributed by atoms with E-state index in [9.17, 15) is 10.2 Å². The minimum absolute atomic E-state index is 0.256. The molecule has 0 amide bonds. The Morgan fingerprint density at radius 3 is 1.89 bits per heavy atom. The summed E-state index contributed by atoms with van der Waals surface area (Å²) < 4.78 is 2.18. The molecule has 0 aliphatic rings. The molecule has 134 valence electrons. The highest BCUT2D eigenvalue weighted by Gasteiger charge is 2.18. The molecule has 4 rings (SSSR count). The van der Waals surface area contributed by atoms with Crippen molar-refractivity contribution in [1.29, 1.82) is 0 Å². The molecule has 3 heteroatoms. The van der Waals surface area contributed by atoms with Crippen LogP contribution in [-0.4, -0.2) is 14.8 Å². The molecule has 0 radical (unpaired) electrons. The van der Waals surface area contributed by atoms with Gasteiger partial charge < -0.3 is 14.8 Å². The quantitative estimate of drug-likeness (QED) is 0.487. The fourth-order valence-corrected chi connectivity index (χ4v) is 3.52. The lowest BCUT2D eigenvalue weighted by molar-refractivity contribution is 0.475. The third kappa shape index (κ3) is 3.20. The summed E-state index contributed by atoms with van der Waals surface area (Å²) >= 11 is 0. The first-order valence-electron chi connectivity index (χ1n) is 9.06. The van der Waals surface area contributed by atoms with Crippen LogP contribution >= 0.6 is 0 Å². The zero-order valence-electron chi connectivity index (χ0n) is 15.1. The summed E-state index contributed by atoms with van der Waals surface area (Å²) in [6.07, 6.45) is 3.01. The van der Waals surface area contributed by atoms with Crippen LogP contribution in [0.15, 0.2) is 85.1 Å². The van der Waals surface area contributed by atoms with Crippen LogP contribution in [0.1, 0.15) is 12.6 Å². The van der Waals surface area contributed by atoms with Crippen LogP contribution in [0.3, 0.4) is 0 Å². The Hall–Kier alpha value is -3.46. The zero-order valence-corrected chi connectivity index (χ0v) is 15.1. The molecule has 0 saturated carbocycles. The summed E-state index contributed by atoms with van der Waals surface area (Å²) in [7, 11) is 0. The molecule has 3 aromatic carbocycles. The van der Waals surface area contributed by atoms with Crippen molar-refractivity contribution in [2.45, 2.75) is 13.3 Å². The minimum Gasteiger partial charge on any atom is -0.508 e. The maximum absolute atomic E-state index is 9.70. The lowest BCUT2D eigenvalue weighted by Gasteiger charge is -2.11. The molecule has 27 heavy (non-hydrogen) atoms. The lowest BCUT2D eigenvalue weighted by Crippen LogP contribution is -1.98. The average molecular weight is 355 g/mol. The third-order valence-corrected chi connectivity index (χ3v) is 4.81. The van der Waals surface area contributed by atoms with Crippen LogP contribution in [-0.2, 0) is 6.42 Å². The number of hydrogen-bond acceptors (Lipinski definition) is 2. The molecule has 0 saturated heterocycles. The van der Waals surface area contributed by atoms with Crippen LogP contribution < -0.4 is 0 Å². The molecule has 0 atom stereocenters. The van der Waals surface area contributed by atoms with Crippen LogP contribution in [0.5, 0.6) is 11.5 Å². The van der Waals surface area contributed by atoms with Crippen molar-refractivity contribution in [1.82, 2.24) is 4.57 Å². The van der Waals surface area contributed by atoms with E-state index in [1.807, 2.05) is 42.5 Å². The molecular weight excluding hydrogens is 334 g/mol. The first-order chi connectivity index (χ1) is 13.2. The van der Waals surface area contributed by atoms with E-state index in [0.717, 1.165) is 34.4 Å². The summed E-state index contributed by atoms with van der Waals surface area (Å²) in [5, 5.41) is 19.3. The highest BCUT2D eigenvalue weighted by Crippen LogP contribution is 2.39. The van der Waals surface area contributed by atoms with E-state index in [0.29, 0.717) is 0 Å². The molecule has 0 aliphatic carbocycles. The van der Waals surface area contributed by atoms with Crippen LogP contribution in [0.4, 0.5) is 0 Å². The predicted molar refractivity (Wildman–Crippen MR) is 109 cm³/mol. The van der Waals surface area contributed by atoms with Crippen LogP contribution in [0, 0.1) is 0 Å². The van der Waals surface area contributed by atoms with Crippen molar-refractivity contribution in [2.24, 2.45) is 0 Å². The fourth-order valence-electron chi connectivity index (χ4n) is 3.52. The Labute approximate surface area is 158 Å². The number of hydrogen-bond donors (Lipinski definition) is 2. The number of nitrogens with zero attached hydrogens (tertiary/aromatic N) is 1. The number of phenols is 2. The minimum atomic E-state index is 0.256. The van der Waals surface area contributed by atoms with Crippen molar-refractivity contribution < 1.29 is 10.2 Å². The monoisotopic (exact) mass is 355 g/mol. The SMILES string of the molecule is CCc1c(-c2ccc(O)cc2)c(-c2ccccc2)cn1-c1ccc(O)cc1. The van der Waals surface area contributed by atoms with Crippen molar-refractivity contribution in [3.8, 4) is 39.4 Å². The molecule has 1 aromatic heterocycles. The second-order valence-electron chi connectivity index (χ2n) is 6.52. The fraction of sp³-hybridized carbons (Fsp3) is 0.0833. The molecule has 0 aliphatic heterocycles. The molecule has 4 aromatic rings. The summed E-state index contributed by atoms with van der Waals surface area (Å²) in [5.74, 6) is 0.516. The molecule has 0 bridgehead atoms. The van der Waals surface area contributed by atoms with E-state index in [2.05, 4.69) is 29.8 Å². The predicted octanol–water partition coefficient (Wildman–Crippen LogP) is 5.78. The van der Waals surface area contributed by atoms with Gasteiger partial charge >= 0.3 is 0 Å². The lowest BCUT2D eigenvalue weighted by atomic mass is 9.96. The smallest absolute Gasteiger partial charge is 0.115 e. The summed E-state index contributed by atoms with van der Waals surface area (Å²) in [5.41, 5.74) is 6.72. The number of benzene rings is 3. The Kier molecular flexibility index (Phi) is 4.43. The molecule has 0 unspecified atom stereocenters. The van der Waals surface area contributed by atoms with Gasteiger partial charge in [0.15, 0.2) is 0 Å². The Balaban J connectivity index is 1.99. The van der Waals surface area contributed by atoms with Crippen molar-refractivity contribution >= 4 is 0 Å². The van der Waals surface area contributed by atoms with E-state index in [1.54, 1.807) is 24.3 Å². The average Bonchev–Trinajstić information content (AvgIpc) is 3.09. The maximum atomic E-state index is 9.70. The van der Waals surface area contributed by atoms with E-state index in [4.69, 9.17) is 0 Å². The first-order valence-corrected chi connectivity index (χ1v) is 9.06. The number of rotatable bonds is 4. The largest absolute Gasteiger partial charge is 0.508 e. The van der Waals surface area contributed by atoms with E-state index >= 15 is 0 Å². The summed E-state index contributed by atoms with van der Waals surface area (Å²) in [6, 6.07) is 24.9. The molecule has 2 N–H and O–H groups in total. The van der Waals surface area contributed by atoms with Crippen LogP contribution in [0.25, 0.3) is 27.9 Å². The summed E-state index contributed by atoms with van der Waals surface area (Å²) in [4.78, 5) is 0. The van der Waals surface area contributed by atoms with E-state index in [1.165, 1.54) is 5.69 Å². The Morgan fingerprint density at radius 2 is 1.30 bits per heavy atom. The van der Waals surface area contributed by atoms with Gasteiger partial charge in [0.1, 0.15) is 11.5 Å². The standard InChI is InChI=1S/C24H21NO2/c1-2-23-24(18-8-12-20(26)13-9-18)22(17-6-4-3-5-7-17)16-25(23)19-10-14-21(27)15-11-19/h3-16,26-27H,2H2,1H3. The zero-order chi connectivity index (χ0) is 18.8. The van der Waals surface area contributed by atoms with Gasteiger partial charge in [0, 0.05) is 28.7 Å². The topological polar surface area (TPSA) is 45.4 Å². The number of aromatic nitrogens is 1. The Bertz CT molecular complexity index is 1050. The molecule has 1 heterocycles. The normalized spacial score (nSPS) is 10.9. The Morgan fingerprint density at radius 1 is 0.704 bits per heavy atom.